The van der Waals surface area contributed by atoms with Gasteiger partial charge >= 0.3 is 0 Å². The van der Waals surface area contributed by atoms with Crippen LogP contribution in [0, 0.1) is 0 Å². The van der Waals surface area contributed by atoms with E-state index in [-0.39, 0.29) is 41.6 Å². The third-order valence-electron chi connectivity index (χ3n) is 2.14. The second-order valence-electron chi connectivity index (χ2n) is 5.24. The Morgan fingerprint density at radius 1 is 1.32 bits per heavy atom. The van der Waals surface area contributed by atoms with E-state index in [1.165, 1.54) is 18.5 Å². The highest BCUT2D eigenvalue weighted by atomic mass is 16.3. The zero-order valence-electron chi connectivity index (χ0n) is 11.4. The number of aromatic nitrogens is 1. The minimum Gasteiger partial charge on any atom is -0.506 e. The Labute approximate surface area is 112 Å². The van der Waals surface area contributed by atoms with Crippen LogP contribution in [0.1, 0.15) is 37.6 Å². The van der Waals surface area contributed by atoms with Crippen molar-refractivity contribution in [2.75, 3.05) is 6.54 Å². The molecule has 0 aromatic carbocycles. The average Bonchev–Trinajstić information content (AvgIpc) is 2.26. The van der Waals surface area contributed by atoms with Crippen molar-refractivity contribution in [1.29, 1.82) is 0 Å². The zero-order valence-corrected chi connectivity index (χ0v) is 11.4. The Morgan fingerprint density at radius 2 is 2.00 bits per heavy atom. The Kier molecular flexibility index (Phi) is 4.86. The van der Waals surface area contributed by atoms with Crippen molar-refractivity contribution >= 4 is 11.8 Å². The highest BCUT2D eigenvalue weighted by Crippen LogP contribution is 2.08. The molecule has 0 bridgehead atoms. The molecule has 0 fully saturated rings. The molecular weight excluding hydrogens is 246 g/mol. The molecule has 0 saturated heterocycles. The normalized spacial score (nSPS) is 10.9. The van der Waals surface area contributed by atoms with E-state index in [0.29, 0.717) is 0 Å². The molecule has 6 heteroatoms. The molecule has 3 N–H and O–H groups in total. The van der Waals surface area contributed by atoms with Crippen LogP contribution in [0.15, 0.2) is 18.5 Å². The number of nitrogens with one attached hydrogen (secondary N) is 2. The fourth-order valence-corrected chi connectivity index (χ4v) is 1.42. The highest BCUT2D eigenvalue weighted by Gasteiger charge is 2.13. The molecule has 0 spiro atoms. The van der Waals surface area contributed by atoms with Gasteiger partial charge in [-0.1, -0.05) is 0 Å². The van der Waals surface area contributed by atoms with Gasteiger partial charge in [-0.2, -0.15) is 0 Å². The van der Waals surface area contributed by atoms with Crippen molar-refractivity contribution in [2.45, 2.75) is 32.7 Å². The molecule has 0 unspecified atom stereocenters. The minimum atomic E-state index is -0.369. The fourth-order valence-electron chi connectivity index (χ4n) is 1.42. The van der Waals surface area contributed by atoms with E-state index in [2.05, 4.69) is 15.6 Å². The number of carbonyl (C=O) groups excluding carboxylic acids is 2. The number of hydrogen-bond acceptors (Lipinski definition) is 4. The number of hydrogen-bond donors (Lipinski definition) is 3. The maximum Gasteiger partial charge on any atom is 0.252 e. The first-order chi connectivity index (χ1) is 8.78. The largest absolute Gasteiger partial charge is 0.506 e. The van der Waals surface area contributed by atoms with E-state index < -0.39 is 0 Å². The maximum absolute atomic E-state index is 11.7. The lowest BCUT2D eigenvalue weighted by Crippen LogP contribution is -2.41. The molecule has 19 heavy (non-hydrogen) atoms. The van der Waals surface area contributed by atoms with Crippen LogP contribution in [-0.2, 0) is 4.79 Å². The number of aromatic hydroxyl groups is 1. The SMILES string of the molecule is CC(C)(C)NC(=O)CCNC(=O)c1cncc(O)c1. The van der Waals surface area contributed by atoms with E-state index in [0.717, 1.165) is 0 Å². The van der Waals surface area contributed by atoms with Crippen LogP contribution < -0.4 is 10.6 Å². The molecule has 0 aliphatic rings. The molecule has 104 valence electrons. The Morgan fingerprint density at radius 3 is 2.58 bits per heavy atom. The summed E-state index contributed by atoms with van der Waals surface area (Å²) in [4.78, 5) is 26.9. The van der Waals surface area contributed by atoms with Crippen LogP contribution >= 0.6 is 0 Å². The Hall–Kier alpha value is -2.11. The smallest absolute Gasteiger partial charge is 0.252 e. The molecule has 0 aliphatic carbocycles. The van der Waals surface area contributed by atoms with Crippen LogP contribution in [0.3, 0.4) is 0 Å². The summed E-state index contributed by atoms with van der Waals surface area (Å²) in [6, 6.07) is 1.32. The van der Waals surface area contributed by atoms with E-state index in [9.17, 15) is 14.7 Å². The fraction of sp³-hybridized carbons (Fsp3) is 0.462. The first kappa shape index (κ1) is 14.9. The van der Waals surface area contributed by atoms with E-state index in [4.69, 9.17) is 0 Å². The molecular formula is C13H19N3O3. The van der Waals surface area contributed by atoms with E-state index in [1.807, 2.05) is 20.8 Å². The van der Waals surface area contributed by atoms with Crippen molar-refractivity contribution in [2.24, 2.45) is 0 Å². The first-order valence-corrected chi connectivity index (χ1v) is 6.01. The molecule has 0 atom stereocenters. The second kappa shape index (κ2) is 6.17. The summed E-state index contributed by atoms with van der Waals surface area (Å²) in [6.07, 6.45) is 2.80. The lowest BCUT2D eigenvalue weighted by Gasteiger charge is -2.20. The Bertz CT molecular complexity index is 466. The summed E-state index contributed by atoms with van der Waals surface area (Å²) in [7, 11) is 0. The molecule has 6 nitrogen and oxygen atoms in total. The van der Waals surface area contributed by atoms with Crippen LogP contribution in [0.2, 0.25) is 0 Å². The molecule has 0 saturated carbocycles. The van der Waals surface area contributed by atoms with Crippen molar-refractivity contribution in [3.8, 4) is 5.75 Å². The minimum absolute atomic E-state index is 0.0712. The van der Waals surface area contributed by atoms with Crippen LogP contribution in [0.4, 0.5) is 0 Å². The molecule has 1 heterocycles. The molecule has 2 amide bonds. The summed E-state index contributed by atoms with van der Waals surface area (Å²) in [6.45, 7) is 5.90. The van der Waals surface area contributed by atoms with Gasteiger partial charge in [0, 0.05) is 24.7 Å². The molecule has 0 aliphatic heterocycles. The van der Waals surface area contributed by atoms with Crippen molar-refractivity contribution in [3.63, 3.8) is 0 Å². The van der Waals surface area contributed by atoms with Gasteiger partial charge in [0.15, 0.2) is 0 Å². The van der Waals surface area contributed by atoms with Gasteiger partial charge in [0.2, 0.25) is 5.91 Å². The summed E-state index contributed by atoms with van der Waals surface area (Å²) in [5, 5.41) is 14.6. The number of rotatable bonds is 4. The first-order valence-electron chi connectivity index (χ1n) is 6.01. The van der Waals surface area contributed by atoms with Gasteiger partial charge in [-0.25, -0.2) is 0 Å². The van der Waals surface area contributed by atoms with Gasteiger partial charge < -0.3 is 15.7 Å². The monoisotopic (exact) mass is 265 g/mol. The van der Waals surface area contributed by atoms with Crippen LogP contribution in [0.5, 0.6) is 5.75 Å². The van der Waals surface area contributed by atoms with Gasteiger partial charge in [-0.05, 0) is 26.8 Å². The van der Waals surface area contributed by atoms with Crippen LogP contribution in [0.25, 0.3) is 0 Å². The van der Waals surface area contributed by atoms with Crippen molar-refractivity contribution in [3.05, 3.63) is 24.0 Å². The van der Waals surface area contributed by atoms with Gasteiger partial charge in [0.1, 0.15) is 5.75 Å². The standard InChI is InChI=1S/C13H19N3O3/c1-13(2,3)16-11(18)4-5-15-12(19)9-6-10(17)8-14-7-9/h6-8,17H,4-5H2,1-3H3,(H,15,19)(H,16,18). The van der Waals surface area contributed by atoms with Crippen molar-refractivity contribution < 1.29 is 14.7 Å². The van der Waals surface area contributed by atoms with E-state index >= 15 is 0 Å². The molecule has 0 radical (unpaired) electrons. The summed E-state index contributed by atoms with van der Waals surface area (Å²) < 4.78 is 0. The third-order valence-corrected chi connectivity index (χ3v) is 2.14. The van der Waals surface area contributed by atoms with Crippen molar-refractivity contribution in [1.82, 2.24) is 15.6 Å². The number of carbonyl (C=O) groups is 2. The van der Waals surface area contributed by atoms with Crippen LogP contribution in [-0.4, -0.2) is 34.0 Å². The number of pyridine rings is 1. The summed E-state index contributed by atoms with van der Waals surface area (Å²) in [5.74, 6) is -0.563. The quantitative estimate of drug-likeness (QED) is 0.751. The maximum atomic E-state index is 11.7. The lowest BCUT2D eigenvalue weighted by atomic mass is 10.1. The Balaban J connectivity index is 2.37. The third kappa shape index (κ3) is 5.85. The van der Waals surface area contributed by atoms with Gasteiger partial charge in [-0.3, -0.25) is 14.6 Å². The topological polar surface area (TPSA) is 91.3 Å². The predicted octanol–water partition coefficient (Wildman–Crippen LogP) is 0.822. The van der Waals surface area contributed by atoms with Gasteiger partial charge in [-0.15, -0.1) is 0 Å². The lowest BCUT2D eigenvalue weighted by molar-refractivity contribution is -0.122. The van der Waals surface area contributed by atoms with Gasteiger partial charge in [0.05, 0.1) is 11.8 Å². The number of amides is 2. The summed E-state index contributed by atoms with van der Waals surface area (Å²) in [5.41, 5.74) is -0.0211. The van der Waals surface area contributed by atoms with Gasteiger partial charge in [0.25, 0.3) is 5.91 Å². The predicted molar refractivity (Wildman–Crippen MR) is 70.7 cm³/mol. The summed E-state index contributed by atoms with van der Waals surface area (Å²) >= 11 is 0. The molecule has 1 rings (SSSR count). The van der Waals surface area contributed by atoms with E-state index in [1.54, 1.807) is 0 Å². The highest BCUT2D eigenvalue weighted by molar-refractivity contribution is 5.94. The molecule has 1 aromatic heterocycles. The average molecular weight is 265 g/mol. The number of nitrogens with zero attached hydrogens (tertiary/aromatic N) is 1. The molecule has 1 aromatic rings. The second-order valence-corrected chi connectivity index (χ2v) is 5.24. The zero-order chi connectivity index (χ0) is 14.5.